The standard InChI is InChI=1S/C14H18O3/c15-10-3-4-11-8(5-10)1-2-9-6-13(16)14(17)7-12(9)11/h1-2,11-14,16-17H,3-7H2. The summed E-state index contributed by atoms with van der Waals surface area (Å²) < 4.78 is 0. The Hall–Kier alpha value is -0.930. The molecule has 92 valence electrons. The molecule has 0 heterocycles. The topological polar surface area (TPSA) is 57.5 Å². The summed E-state index contributed by atoms with van der Waals surface area (Å²) in [6.45, 7) is 0. The van der Waals surface area contributed by atoms with Gasteiger partial charge in [0, 0.05) is 12.8 Å². The Morgan fingerprint density at radius 3 is 2.65 bits per heavy atom. The van der Waals surface area contributed by atoms with E-state index < -0.39 is 12.2 Å². The van der Waals surface area contributed by atoms with Crippen LogP contribution in [-0.4, -0.2) is 28.2 Å². The lowest BCUT2D eigenvalue weighted by Gasteiger charge is -2.41. The van der Waals surface area contributed by atoms with Crippen LogP contribution in [0.4, 0.5) is 0 Å². The second-order valence-electron chi connectivity index (χ2n) is 5.52. The number of fused-ring (bicyclic) bond motifs is 3. The van der Waals surface area contributed by atoms with Gasteiger partial charge in [0.1, 0.15) is 5.78 Å². The Kier molecular flexibility index (Phi) is 2.68. The average Bonchev–Trinajstić information content (AvgIpc) is 2.30. The van der Waals surface area contributed by atoms with Gasteiger partial charge in [-0.05, 0) is 31.1 Å². The number of Topliss-reactive ketones (excluding diaryl/α,β-unsaturated/α-hetero) is 1. The third-order valence-electron chi connectivity index (χ3n) is 4.47. The molecule has 3 aliphatic rings. The maximum atomic E-state index is 11.4. The average molecular weight is 234 g/mol. The summed E-state index contributed by atoms with van der Waals surface area (Å²) in [5.41, 5.74) is 2.49. The van der Waals surface area contributed by atoms with Gasteiger partial charge in [0.2, 0.25) is 0 Å². The highest BCUT2D eigenvalue weighted by Crippen LogP contribution is 2.45. The molecule has 0 aromatic rings. The molecule has 0 bridgehead atoms. The molecule has 4 unspecified atom stereocenters. The van der Waals surface area contributed by atoms with Crippen LogP contribution in [0.5, 0.6) is 0 Å². The zero-order valence-corrected chi connectivity index (χ0v) is 9.80. The number of aliphatic hydroxyl groups excluding tert-OH is 2. The third-order valence-corrected chi connectivity index (χ3v) is 4.47. The van der Waals surface area contributed by atoms with E-state index in [0.29, 0.717) is 43.3 Å². The van der Waals surface area contributed by atoms with Crippen molar-refractivity contribution in [3.8, 4) is 0 Å². The molecule has 0 radical (unpaired) electrons. The summed E-state index contributed by atoms with van der Waals surface area (Å²) in [5.74, 6) is 1.11. The van der Waals surface area contributed by atoms with Crippen molar-refractivity contribution in [2.75, 3.05) is 0 Å². The van der Waals surface area contributed by atoms with E-state index in [1.54, 1.807) is 0 Å². The molecule has 2 N–H and O–H groups in total. The molecule has 4 atom stereocenters. The van der Waals surface area contributed by atoms with E-state index in [9.17, 15) is 15.0 Å². The molecule has 2 saturated carbocycles. The molecule has 0 saturated heterocycles. The Labute approximate surface area is 101 Å². The van der Waals surface area contributed by atoms with Gasteiger partial charge in [0.05, 0.1) is 12.2 Å². The number of aliphatic hydroxyl groups is 2. The van der Waals surface area contributed by atoms with Crippen molar-refractivity contribution in [3.63, 3.8) is 0 Å². The largest absolute Gasteiger partial charge is 0.390 e. The minimum Gasteiger partial charge on any atom is -0.390 e. The number of ketones is 1. The van der Waals surface area contributed by atoms with Gasteiger partial charge in [-0.1, -0.05) is 23.3 Å². The SMILES string of the molecule is O=C1CCC2C(=CC=C3CC(O)C(O)CC32)C1. The van der Waals surface area contributed by atoms with Gasteiger partial charge >= 0.3 is 0 Å². The van der Waals surface area contributed by atoms with Gasteiger partial charge in [-0.2, -0.15) is 0 Å². The highest BCUT2D eigenvalue weighted by atomic mass is 16.3. The van der Waals surface area contributed by atoms with E-state index in [1.165, 1.54) is 11.1 Å². The van der Waals surface area contributed by atoms with Gasteiger partial charge in [-0.3, -0.25) is 4.79 Å². The smallest absolute Gasteiger partial charge is 0.136 e. The molecule has 0 aromatic carbocycles. The third kappa shape index (κ3) is 1.87. The first-order valence-corrected chi connectivity index (χ1v) is 6.42. The van der Waals surface area contributed by atoms with Crippen molar-refractivity contribution in [1.29, 1.82) is 0 Å². The van der Waals surface area contributed by atoms with E-state index in [2.05, 4.69) is 12.2 Å². The van der Waals surface area contributed by atoms with Crippen LogP contribution in [0.3, 0.4) is 0 Å². The molecule has 3 nitrogen and oxygen atoms in total. The van der Waals surface area contributed by atoms with E-state index in [4.69, 9.17) is 0 Å². The number of hydrogen-bond acceptors (Lipinski definition) is 3. The van der Waals surface area contributed by atoms with Crippen LogP contribution in [-0.2, 0) is 4.79 Å². The summed E-state index contributed by atoms with van der Waals surface area (Å²) >= 11 is 0. The Morgan fingerprint density at radius 2 is 1.82 bits per heavy atom. The fourth-order valence-corrected chi connectivity index (χ4v) is 3.52. The fraction of sp³-hybridized carbons (Fsp3) is 0.643. The van der Waals surface area contributed by atoms with Gasteiger partial charge in [-0.15, -0.1) is 0 Å². The van der Waals surface area contributed by atoms with E-state index in [-0.39, 0.29) is 0 Å². The van der Waals surface area contributed by atoms with Crippen LogP contribution in [0.15, 0.2) is 23.3 Å². The number of carbonyl (C=O) groups excluding carboxylic acids is 1. The summed E-state index contributed by atoms with van der Waals surface area (Å²) in [5, 5.41) is 19.5. The number of carbonyl (C=O) groups is 1. The lowest BCUT2D eigenvalue weighted by Crippen LogP contribution is -2.40. The first-order chi connectivity index (χ1) is 8.15. The van der Waals surface area contributed by atoms with Crippen molar-refractivity contribution in [3.05, 3.63) is 23.3 Å². The van der Waals surface area contributed by atoms with Crippen LogP contribution in [0, 0.1) is 11.8 Å². The quantitative estimate of drug-likeness (QED) is 0.665. The molecule has 17 heavy (non-hydrogen) atoms. The van der Waals surface area contributed by atoms with Crippen molar-refractivity contribution >= 4 is 5.78 Å². The first-order valence-electron chi connectivity index (χ1n) is 6.42. The molecule has 0 spiro atoms. The zero-order valence-electron chi connectivity index (χ0n) is 9.80. The normalized spacial score (nSPS) is 41.2. The summed E-state index contributed by atoms with van der Waals surface area (Å²) in [7, 11) is 0. The van der Waals surface area contributed by atoms with Gasteiger partial charge in [-0.25, -0.2) is 0 Å². The van der Waals surface area contributed by atoms with Crippen LogP contribution in [0.2, 0.25) is 0 Å². The number of rotatable bonds is 0. The van der Waals surface area contributed by atoms with Gasteiger partial charge in [0.25, 0.3) is 0 Å². The maximum absolute atomic E-state index is 11.4. The second kappa shape index (κ2) is 4.07. The zero-order chi connectivity index (χ0) is 12.0. The first kappa shape index (κ1) is 11.2. The highest BCUT2D eigenvalue weighted by molar-refractivity contribution is 5.82. The van der Waals surface area contributed by atoms with E-state index in [0.717, 1.165) is 6.42 Å². The Balaban J connectivity index is 1.88. The predicted molar refractivity (Wildman–Crippen MR) is 63.3 cm³/mol. The molecule has 0 aromatic heterocycles. The molecule has 3 heteroatoms. The minimum atomic E-state index is -0.613. The van der Waals surface area contributed by atoms with Crippen LogP contribution in [0.25, 0.3) is 0 Å². The van der Waals surface area contributed by atoms with Crippen molar-refractivity contribution < 1.29 is 15.0 Å². The van der Waals surface area contributed by atoms with Gasteiger partial charge < -0.3 is 10.2 Å². The molecular weight excluding hydrogens is 216 g/mol. The van der Waals surface area contributed by atoms with Crippen LogP contribution >= 0.6 is 0 Å². The van der Waals surface area contributed by atoms with E-state index in [1.807, 2.05) is 0 Å². The lowest BCUT2D eigenvalue weighted by atomic mass is 9.65. The number of allylic oxidation sites excluding steroid dienone is 3. The minimum absolute atomic E-state index is 0.334. The molecule has 3 rings (SSSR count). The Morgan fingerprint density at radius 1 is 1.06 bits per heavy atom. The van der Waals surface area contributed by atoms with Crippen molar-refractivity contribution in [1.82, 2.24) is 0 Å². The highest BCUT2D eigenvalue weighted by Gasteiger charge is 2.40. The molecule has 3 aliphatic carbocycles. The van der Waals surface area contributed by atoms with Gasteiger partial charge in [0.15, 0.2) is 0 Å². The van der Waals surface area contributed by atoms with Crippen LogP contribution < -0.4 is 0 Å². The lowest BCUT2D eigenvalue weighted by molar-refractivity contribution is -0.120. The monoisotopic (exact) mass is 234 g/mol. The maximum Gasteiger partial charge on any atom is 0.136 e. The predicted octanol–water partition coefficient (Wildman–Crippen LogP) is 1.35. The molecule has 2 fully saturated rings. The molecular formula is C14H18O3. The second-order valence-corrected chi connectivity index (χ2v) is 5.52. The number of hydrogen-bond donors (Lipinski definition) is 2. The molecule has 0 aliphatic heterocycles. The summed E-state index contributed by atoms with van der Waals surface area (Å²) in [6, 6.07) is 0. The van der Waals surface area contributed by atoms with Crippen molar-refractivity contribution in [2.24, 2.45) is 11.8 Å². The summed E-state index contributed by atoms with van der Waals surface area (Å²) in [4.78, 5) is 11.4. The van der Waals surface area contributed by atoms with Crippen molar-refractivity contribution in [2.45, 2.75) is 44.3 Å². The van der Waals surface area contributed by atoms with Crippen LogP contribution in [0.1, 0.15) is 32.1 Å². The Bertz CT molecular complexity index is 408. The fourth-order valence-electron chi connectivity index (χ4n) is 3.52. The molecule has 0 amide bonds. The van der Waals surface area contributed by atoms with E-state index >= 15 is 0 Å². The summed E-state index contributed by atoms with van der Waals surface area (Å²) in [6.07, 6.45) is 6.31.